The van der Waals surface area contributed by atoms with Gasteiger partial charge in [0.25, 0.3) is 0 Å². The zero-order chi connectivity index (χ0) is 42.9. The van der Waals surface area contributed by atoms with Gasteiger partial charge in [-0.2, -0.15) is 12.1 Å². The van der Waals surface area contributed by atoms with Crippen LogP contribution in [0.2, 0.25) is 0 Å². The third-order valence-electron chi connectivity index (χ3n) is 12.3. The minimum absolute atomic E-state index is 0. The summed E-state index contributed by atoms with van der Waals surface area (Å²) in [5.41, 5.74) is 13.3. The molecule has 7 heterocycles. The fourth-order valence-corrected chi connectivity index (χ4v) is 9.28. The summed E-state index contributed by atoms with van der Waals surface area (Å²) in [5.74, 6) is 3.48. The van der Waals surface area contributed by atoms with Crippen molar-refractivity contribution in [3.05, 3.63) is 213 Å². The quantitative estimate of drug-likeness (QED) is 0.153. The van der Waals surface area contributed by atoms with Crippen molar-refractivity contribution < 1.29 is 30.5 Å². The maximum atomic E-state index is 6.69. The van der Waals surface area contributed by atoms with Crippen molar-refractivity contribution in [2.24, 2.45) is 0 Å². The molecule has 5 aliphatic heterocycles. The smallest absolute Gasteiger partial charge is 0.135 e. The summed E-state index contributed by atoms with van der Waals surface area (Å²) in [4.78, 5) is 9.65. The number of rotatable bonds is 1. The average Bonchev–Trinajstić information content (AvgIpc) is 3.87. The van der Waals surface area contributed by atoms with Crippen LogP contribution in [0.4, 0.5) is 22.7 Å². The van der Waals surface area contributed by atoms with E-state index in [1.807, 2.05) is 42.6 Å². The molecule has 0 atom stereocenters. The van der Waals surface area contributed by atoms with Gasteiger partial charge in [-0.25, -0.2) is 4.98 Å². The van der Waals surface area contributed by atoms with E-state index in [2.05, 4.69) is 200 Å². The Bertz CT molecular complexity index is 3430. The standard InChI is InChI=1S/C58H41N4O2.Pt/c1-58(2,3)51-35-56-59-36-50(51)39-26-28-42(29-27-39)63-43-18-11-16-40(32-43)47-22-13-21-46(38-14-5-4-6-15-38)57(47)61-37-60(53-24-9-10-25-54(53)61)41-17-12-19-44(33-41)64-45-30-31-49-48-20-7-8-23-52(48)62(56)55(49)34-45;/h4-32,35-37H,1-3H3;/q-3;. The third kappa shape index (κ3) is 7.06. The molecule has 0 N–H and O–H groups in total. The van der Waals surface area contributed by atoms with E-state index < -0.39 is 0 Å². The fourth-order valence-electron chi connectivity index (χ4n) is 9.28. The molecule has 10 aromatic rings. The van der Waals surface area contributed by atoms with Crippen LogP contribution in [0.5, 0.6) is 23.0 Å². The van der Waals surface area contributed by atoms with Crippen molar-refractivity contribution in [3.63, 3.8) is 0 Å². The number of hydrogen-bond donors (Lipinski definition) is 0. The number of ether oxygens (including phenoxy) is 2. The van der Waals surface area contributed by atoms with Crippen molar-refractivity contribution in [1.82, 2.24) is 9.55 Å². The Hall–Kier alpha value is -7.40. The van der Waals surface area contributed by atoms with E-state index in [-0.39, 0.29) is 26.5 Å². The van der Waals surface area contributed by atoms with Gasteiger partial charge < -0.3 is 23.8 Å². The molecule has 2 aromatic heterocycles. The van der Waals surface area contributed by atoms with Crippen LogP contribution in [0.3, 0.4) is 0 Å². The van der Waals surface area contributed by atoms with Crippen molar-refractivity contribution in [2.75, 3.05) is 9.80 Å². The Morgan fingerprint density at radius 3 is 2.02 bits per heavy atom. The van der Waals surface area contributed by atoms with E-state index in [1.54, 1.807) is 0 Å². The predicted octanol–water partition coefficient (Wildman–Crippen LogP) is 15.4. The molecule has 0 amide bonds. The molecule has 0 radical (unpaired) electrons. The summed E-state index contributed by atoms with van der Waals surface area (Å²) in [6.07, 6.45) is 2.01. The molecular formula is C58H41N4O2Pt-3. The summed E-state index contributed by atoms with van der Waals surface area (Å²) < 4.78 is 15.5. The second-order valence-corrected chi connectivity index (χ2v) is 17.3. The van der Waals surface area contributed by atoms with Crippen molar-refractivity contribution in [2.45, 2.75) is 26.2 Å². The van der Waals surface area contributed by atoms with Crippen molar-refractivity contribution >= 4 is 44.6 Å². The molecule has 0 unspecified atom stereocenters. The normalized spacial score (nSPS) is 12.8. The molecule has 15 rings (SSSR count). The molecule has 7 heteroatoms. The maximum Gasteiger partial charge on any atom is 0.135 e. The number of pyridine rings is 1. The molecule has 6 nitrogen and oxygen atoms in total. The molecule has 0 saturated heterocycles. The largest absolute Gasteiger partial charge is 0.509 e. The van der Waals surface area contributed by atoms with E-state index >= 15 is 0 Å². The van der Waals surface area contributed by atoms with Crippen molar-refractivity contribution in [1.29, 1.82) is 0 Å². The van der Waals surface area contributed by atoms with Crippen LogP contribution in [0.25, 0.3) is 61.0 Å². The molecule has 0 spiro atoms. The third-order valence-corrected chi connectivity index (χ3v) is 12.3. The van der Waals surface area contributed by atoms with Crippen LogP contribution in [-0.4, -0.2) is 9.55 Å². The van der Waals surface area contributed by atoms with E-state index in [9.17, 15) is 0 Å². The van der Waals surface area contributed by atoms with E-state index in [0.29, 0.717) is 11.5 Å². The monoisotopic (exact) mass is 1020 g/mol. The van der Waals surface area contributed by atoms with Gasteiger partial charge in [-0.3, -0.25) is 0 Å². The minimum Gasteiger partial charge on any atom is -0.509 e. The van der Waals surface area contributed by atoms with Crippen LogP contribution in [0, 0.1) is 18.8 Å². The van der Waals surface area contributed by atoms with Gasteiger partial charge in [-0.15, -0.1) is 48.1 Å². The number of fused-ring (bicyclic) bond motifs is 3. The first-order chi connectivity index (χ1) is 31.3. The summed E-state index contributed by atoms with van der Waals surface area (Å²) in [7, 11) is 0. The van der Waals surface area contributed by atoms with E-state index in [0.717, 1.165) is 95.3 Å². The second kappa shape index (κ2) is 16.0. The Kier molecular flexibility index (Phi) is 9.93. The Balaban J connectivity index is 0.00000469. The number of benzene rings is 8. The van der Waals surface area contributed by atoms with Gasteiger partial charge >= 0.3 is 0 Å². The molecule has 0 saturated carbocycles. The molecule has 0 fully saturated rings. The van der Waals surface area contributed by atoms with Crippen LogP contribution >= 0.6 is 0 Å². The summed E-state index contributed by atoms with van der Waals surface area (Å²) >= 11 is 0. The minimum atomic E-state index is -0.190. The Labute approximate surface area is 393 Å². The zero-order valence-corrected chi connectivity index (χ0v) is 38.2. The molecule has 318 valence electrons. The number of para-hydroxylation sites is 4. The number of anilines is 4. The first kappa shape index (κ1) is 40.4. The maximum absolute atomic E-state index is 6.69. The summed E-state index contributed by atoms with van der Waals surface area (Å²) in [6, 6.07) is 70.5. The fraction of sp³-hybridized carbons (Fsp3) is 0.0690. The van der Waals surface area contributed by atoms with Gasteiger partial charge in [0.2, 0.25) is 0 Å². The van der Waals surface area contributed by atoms with Gasteiger partial charge in [0.15, 0.2) is 0 Å². The topological polar surface area (TPSA) is 42.8 Å². The molecule has 12 bridgehead atoms. The molecule has 0 aliphatic carbocycles. The van der Waals surface area contributed by atoms with Crippen LogP contribution < -0.4 is 19.3 Å². The Morgan fingerprint density at radius 1 is 0.523 bits per heavy atom. The summed E-state index contributed by atoms with van der Waals surface area (Å²) in [5, 5.41) is 2.19. The van der Waals surface area contributed by atoms with Gasteiger partial charge in [-0.05, 0) is 81.6 Å². The van der Waals surface area contributed by atoms with E-state index in [1.165, 1.54) is 5.56 Å². The van der Waals surface area contributed by atoms with Gasteiger partial charge in [0, 0.05) is 78.0 Å². The Morgan fingerprint density at radius 2 is 1.20 bits per heavy atom. The molecule has 5 aliphatic rings. The number of nitrogens with zero attached hydrogens (tertiary/aromatic N) is 4. The number of hydrogen-bond acceptors (Lipinski definition) is 5. The first-order valence-electron chi connectivity index (χ1n) is 21.6. The van der Waals surface area contributed by atoms with Crippen LogP contribution in [0.15, 0.2) is 188 Å². The molecular weight excluding hydrogens is 980 g/mol. The van der Waals surface area contributed by atoms with Crippen molar-refractivity contribution in [3.8, 4) is 62.2 Å². The molecule has 8 aromatic carbocycles. The second-order valence-electron chi connectivity index (χ2n) is 17.3. The van der Waals surface area contributed by atoms with E-state index in [4.69, 9.17) is 14.5 Å². The zero-order valence-electron chi connectivity index (χ0n) is 35.9. The first-order valence-corrected chi connectivity index (χ1v) is 21.6. The number of aromatic nitrogens is 2. The van der Waals surface area contributed by atoms with Gasteiger partial charge in [-0.1, -0.05) is 129 Å². The SMILES string of the molecule is CC(C)(C)c1cc2ncc1-c1ccc(cc1)Oc1cccc(c1)-c1cccc(-c3ccccc3)c1N1[CH-]N(c3[c-]c(ccc3)Oc3[c-]c4c(cc3)c3ccccc3n4-2)c2ccccc21.[Pt]. The molecule has 65 heavy (non-hydrogen) atoms. The van der Waals surface area contributed by atoms with Crippen LogP contribution in [0.1, 0.15) is 26.3 Å². The predicted molar refractivity (Wildman–Crippen MR) is 259 cm³/mol. The summed E-state index contributed by atoms with van der Waals surface area (Å²) in [6.45, 7) is 8.92. The van der Waals surface area contributed by atoms with Gasteiger partial charge in [0.05, 0.1) is 0 Å². The average molecular weight is 1020 g/mol. The van der Waals surface area contributed by atoms with Crippen LogP contribution in [-0.2, 0) is 26.5 Å². The van der Waals surface area contributed by atoms with Gasteiger partial charge in [0.1, 0.15) is 17.3 Å².